The van der Waals surface area contributed by atoms with Crippen molar-refractivity contribution in [2.24, 2.45) is 22.5 Å². The summed E-state index contributed by atoms with van der Waals surface area (Å²) in [5, 5.41) is 0. The molecule has 0 aromatic rings. The molecule has 0 aromatic heterocycles. The SMILES string of the molecule is CC1=CC(C(C)(C)C)=CC(C)C1(C)C1=C=C=CC=C1N. The van der Waals surface area contributed by atoms with Crippen LogP contribution in [-0.4, -0.2) is 0 Å². The van der Waals surface area contributed by atoms with Gasteiger partial charge in [-0.15, -0.1) is 0 Å². The van der Waals surface area contributed by atoms with Crippen LogP contribution in [0.15, 0.2) is 58.2 Å². The Morgan fingerprint density at radius 1 is 1.30 bits per heavy atom. The lowest BCUT2D eigenvalue weighted by Crippen LogP contribution is -2.34. The van der Waals surface area contributed by atoms with Gasteiger partial charge in [-0.1, -0.05) is 63.8 Å². The Hall–Kier alpha value is -1.68. The third-order valence-electron chi connectivity index (χ3n) is 4.75. The molecule has 0 fully saturated rings. The second-order valence-electron chi connectivity index (χ2n) is 7.12. The van der Waals surface area contributed by atoms with Crippen molar-refractivity contribution in [1.82, 2.24) is 0 Å². The van der Waals surface area contributed by atoms with Crippen molar-refractivity contribution in [2.45, 2.75) is 41.5 Å². The second kappa shape index (κ2) is 4.70. The van der Waals surface area contributed by atoms with E-state index in [4.69, 9.17) is 5.73 Å². The second-order valence-corrected chi connectivity index (χ2v) is 7.12. The largest absolute Gasteiger partial charge is 0.398 e. The van der Waals surface area contributed by atoms with E-state index in [-0.39, 0.29) is 10.8 Å². The minimum atomic E-state index is -0.101. The van der Waals surface area contributed by atoms with Crippen molar-refractivity contribution >= 4 is 0 Å². The van der Waals surface area contributed by atoms with Gasteiger partial charge in [0.05, 0.1) is 0 Å². The lowest BCUT2D eigenvalue weighted by Gasteiger charge is -2.42. The molecule has 106 valence electrons. The molecule has 2 atom stereocenters. The van der Waals surface area contributed by atoms with Crippen LogP contribution in [0.2, 0.25) is 0 Å². The highest BCUT2D eigenvalue weighted by atomic mass is 14.6. The third kappa shape index (κ3) is 2.24. The molecule has 0 spiro atoms. The van der Waals surface area contributed by atoms with Gasteiger partial charge in [-0.05, 0) is 36.0 Å². The lowest BCUT2D eigenvalue weighted by atomic mass is 9.62. The van der Waals surface area contributed by atoms with Crippen LogP contribution in [0.4, 0.5) is 0 Å². The van der Waals surface area contributed by atoms with Crippen molar-refractivity contribution in [1.29, 1.82) is 0 Å². The molecule has 0 aromatic carbocycles. The van der Waals surface area contributed by atoms with Crippen molar-refractivity contribution in [3.05, 3.63) is 58.2 Å². The van der Waals surface area contributed by atoms with E-state index in [0.29, 0.717) is 5.92 Å². The van der Waals surface area contributed by atoms with Crippen LogP contribution in [-0.2, 0) is 0 Å². The van der Waals surface area contributed by atoms with Crippen molar-refractivity contribution in [3.8, 4) is 0 Å². The molecular weight excluding hydrogens is 242 g/mol. The van der Waals surface area contributed by atoms with Crippen LogP contribution in [0, 0.1) is 16.7 Å². The fraction of sp³-hybridized carbons (Fsp3) is 0.474. The minimum absolute atomic E-state index is 0.101. The summed E-state index contributed by atoms with van der Waals surface area (Å²) in [6.45, 7) is 13.5. The molecule has 2 N–H and O–H groups in total. The first-order valence-corrected chi connectivity index (χ1v) is 7.26. The maximum Gasteiger partial charge on any atom is 0.0447 e. The van der Waals surface area contributed by atoms with E-state index in [2.05, 4.69) is 65.2 Å². The van der Waals surface area contributed by atoms with Gasteiger partial charge in [0, 0.05) is 16.7 Å². The summed E-state index contributed by atoms with van der Waals surface area (Å²) in [5.74, 6) is 0.385. The van der Waals surface area contributed by atoms with E-state index in [1.165, 1.54) is 11.1 Å². The van der Waals surface area contributed by atoms with Crippen molar-refractivity contribution < 1.29 is 0 Å². The lowest BCUT2D eigenvalue weighted by molar-refractivity contribution is 0.356. The quantitative estimate of drug-likeness (QED) is 0.687. The minimum Gasteiger partial charge on any atom is -0.398 e. The fourth-order valence-corrected chi connectivity index (χ4v) is 2.95. The molecule has 0 amide bonds. The van der Waals surface area contributed by atoms with Crippen LogP contribution in [0.25, 0.3) is 0 Å². The molecule has 2 aliphatic carbocycles. The highest BCUT2D eigenvalue weighted by molar-refractivity contribution is 5.49. The molecule has 20 heavy (non-hydrogen) atoms. The average Bonchev–Trinajstić information content (AvgIpc) is 2.34. The van der Waals surface area contributed by atoms with Gasteiger partial charge >= 0.3 is 0 Å². The Labute approximate surface area is 122 Å². The molecule has 0 bridgehead atoms. The average molecular weight is 267 g/mol. The molecule has 0 saturated heterocycles. The van der Waals surface area contributed by atoms with Gasteiger partial charge in [0.15, 0.2) is 0 Å². The predicted octanol–water partition coefficient (Wildman–Crippen LogP) is 4.65. The molecule has 0 saturated carbocycles. The molecular formula is C19H25N. The van der Waals surface area contributed by atoms with E-state index in [0.717, 1.165) is 11.3 Å². The first-order chi connectivity index (χ1) is 9.17. The molecule has 2 aliphatic rings. The number of rotatable bonds is 1. The molecule has 0 radical (unpaired) electrons. The van der Waals surface area contributed by atoms with Gasteiger partial charge in [0.25, 0.3) is 0 Å². The molecule has 0 heterocycles. The standard InChI is InChI=1S/C19H25N/c1-13-11-15(18(3,4)5)12-14(2)19(13,6)16-9-7-8-10-17(16)20/h8,10-13H,20H2,1-6H3. The first kappa shape index (κ1) is 14.7. The van der Waals surface area contributed by atoms with E-state index in [1.807, 2.05) is 12.2 Å². The zero-order valence-corrected chi connectivity index (χ0v) is 13.5. The number of allylic oxidation sites excluding steroid dienone is 7. The Kier molecular flexibility index (Phi) is 3.46. The first-order valence-electron chi connectivity index (χ1n) is 7.26. The Balaban J connectivity index is 2.55. The molecule has 2 rings (SSSR count). The van der Waals surface area contributed by atoms with Gasteiger partial charge in [0.1, 0.15) is 0 Å². The Morgan fingerprint density at radius 2 is 1.95 bits per heavy atom. The maximum absolute atomic E-state index is 6.18. The fourth-order valence-electron chi connectivity index (χ4n) is 2.95. The predicted molar refractivity (Wildman–Crippen MR) is 85.9 cm³/mol. The summed E-state index contributed by atoms with van der Waals surface area (Å²) in [5.41, 5.74) is 17.2. The summed E-state index contributed by atoms with van der Waals surface area (Å²) in [6.07, 6.45) is 8.44. The van der Waals surface area contributed by atoms with Crippen molar-refractivity contribution in [3.63, 3.8) is 0 Å². The van der Waals surface area contributed by atoms with E-state index in [1.54, 1.807) is 0 Å². The molecule has 1 nitrogen and oxygen atoms in total. The molecule has 1 heteroatoms. The smallest absolute Gasteiger partial charge is 0.0447 e. The van der Waals surface area contributed by atoms with Gasteiger partial charge in [0.2, 0.25) is 0 Å². The van der Waals surface area contributed by atoms with E-state index in [9.17, 15) is 0 Å². The van der Waals surface area contributed by atoms with Crippen molar-refractivity contribution in [2.75, 3.05) is 0 Å². The molecule has 0 aliphatic heterocycles. The van der Waals surface area contributed by atoms with Gasteiger partial charge in [-0.2, -0.15) is 0 Å². The normalized spacial score (nSPS) is 29.6. The highest BCUT2D eigenvalue weighted by Crippen LogP contribution is 2.49. The van der Waals surface area contributed by atoms with Gasteiger partial charge in [-0.3, -0.25) is 0 Å². The highest BCUT2D eigenvalue weighted by Gasteiger charge is 2.40. The van der Waals surface area contributed by atoms with Crippen LogP contribution in [0.5, 0.6) is 0 Å². The summed E-state index contributed by atoms with van der Waals surface area (Å²) in [6, 6.07) is 0. The summed E-state index contributed by atoms with van der Waals surface area (Å²) < 4.78 is 0. The zero-order valence-electron chi connectivity index (χ0n) is 13.5. The molecule has 2 unspecified atom stereocenters. The van der Waals surface area contributed by atoms with Gasteiger partial charge < -0.3 is 5.73 Å². The van der Waals surface area contributed by atoms with Crippen LogP contribution in [0.1, 0.15) is 41.5 Å². The number of hydrogen-bond acceptors (Lipinski definition) is 1. The van der Waals surface area contributed by atoms with Crippen LogP contribution in [0.3, 0.4) is 0 Å². The monoisotopic (exact) mass is 267 g/mol. The zero-order chi connectivity index (χ0) is 15.1. The summed E-state index contributed by atoms with van der Waals surface area (Å²) >= 11 is 0. The topological polar surface area (TPSA) is 26.0 Å². The van der Waals surface area contributed by atoms with E-state index < -0.39 is 0 Å². The number of hydrogen-bond donors (Lipinski definition) is 1. The summed E-state index contributed by atoms with van der Waals surface area (Å²) in [4.78, 5) is 0. The number of nitrogens with two attached hydrogens (primary N) is 1. The van der Waals surface area contributed by atoms with Crippen LogP contribution < -0.4 is 5.73 Å². The van der Waals surface area contributed by atoms with E-state index >= 15 is 0 Å². The van der Waals surface area contributed by atoms with Gasteiger partial charge in [-0.25, -0.2) is 0 Å². The third-order valence-corrected chi connectivity index (χ3v) is 4.75. The maximum atomic E-state index is 6.18. The van der Waals surface area contributed by atoms with Crippen LogP contribution >= 0.6 is 0 Å². The Morgan fingerprint density at radius 3 is 2.45 bits per heavy atom. The summed E-state index contributed by atoms with van der Waals surface area (Å²) in [7, 11) is 0. The Bertz CT molecular complexity index is 621.